The summed E-state index contributed by atoms with van der Waals surface area (Å²) < 4.78 is 0. The number of hydroxylamine groups is 1. The summed E-state index contributed by atoms with van der Waals surface area (Å²) in [7, 11) is 0. The molecule has 1 aliphatic rings. The molecule has 1 aliphatic heterocycles. The van der Waals surface area contributed by atoms with Crippen LogP contribution in [0.4, 0.5) is 5.95 Å². The van der Waals surface area contributed by atoms with Crippen molar-refractivity contribution in [1.82, 2.24) is 20.3 Å². The van der Waals surface area contributed by atoms with Crippen molar-refractivity contribution in [1.29, 1.82) is 0 Å². The standard InChI is InChI=1S/C17H21N5O2/c23-16(20-24)15-11-18-17(19-12-15)22-8-4-7-21(9-10-22)13-14-5-2-1-3-6-14/h1-3,5-6,11-12,24H,4,7-10,13H2,(H,20,23). The molecule has 0 atom stereocenters. The Morgan fingerprint density at radius 3 is 2.54 bits per heavy atom. The van der Waals surface area contributed by atoms with Gasteiger partial charge in [-0.1, -0.05) is 30.3 Å². The number of carbonyl (C=O) groups is 1. The smallest absolute Gasteiger partial charge is 0.277 e. The van der Waals surface area contributed by atoms with Crippen molar-refractivity contribution in [2.45, 2.75) is 13.0 Å². The molecule has 1 amide bonds. The number of benzene rings is 1. The molecule has 2 aromatic rings. The van der Waals surface area contributed by atoms with E-state index in [9.17, 15) is 4.79 Å². The Bertz CT molecular complexity index is 662. The lowest BCUT2D eigenvalue weighted by atomic mass is 10.2. The van der Waals surface area contributed by atoms with E-state index in [2.05, 4.69) is 44.0 Å². The summed E-state index contributed by atoms with van der Waals surface area (Å²) in [5, 5.41) is 8.62. The van der Waals surface area contributed by atoms with Gasteiger partial charge in [0.1, 0.15) is 0 Å². The van der Waals surface area contributed by atoms with Crippen LogP contribution in [-0.2, 0) is 6.54 Å². The van der Waals surface area contributed by atoms with Gasteiger partial charge in [0, 0.05) is 45.1 Å². The molecule has 3 rings (SSSR count). The average Bonchev–Trinajstić information content (AvgIpc) is 2.88. The highest BCUT2D eigenvalue weighted by Gasteiger charge is 2.17. The van der Waals surface area contributed by atoms with Gasteiger partial charge < -0.3 is 4.90 Å². The largest absolute Gasteiger partial charge is 0.339 e. The first-order chi connectivity index (χ1) is 11.8. The van der Waals surface area contributed by atoms with Gasteiger partial charge in [-0.2, -0.15) is 0 Å². The average molecular weight is 327 g/mol. The molecule has 0 radical (unpaired) electrons. The van der Waals surface area contributed by atoms with Gasteiger partial charge in [0.05, 0.1) is 5.56 Å². The van der Waals surface area contributed by atoms with Gasteiger partial charge in [-0.05, 0) is 12.0 Å². The molecule has 126 valence electrons. The molecule has 0 unspecified atom stereocenters. The summed E-state index contributed by atoms with van der Waals surface area (Å²) in [6.45, 7) is 4.66. The second-order valence-corrected chi connectivity index (χ2v) is 5.82. The van der Waals surface area contributed by atoms with Crippen molar-refractivity contribution in [2.75, 3.05) is 31.1 Å². The van der Waals surface area contributed by atoms with Crippen molar-refractivity contribution in [3.63, 3.8) is 0 Å². The second-order valence-electron chi connectivity index (χ2n) is 5.82. The minimum atomic E-state index is -0.605. The Hall–Kier alpha value is -2.51. The van der Waals surface area contributed by atoms with Crippen LogP contribution in [0.25, 0.3) is 0 Å². The first-order valence-corrected chi connectivity index (χ1v) is 8.04. The molecule has 0 saturated carbocycles. The number of nitrogens with zero attached hydrogens (tertiary/aromatic N) is 4. The minimum Gasteiger partial charge on any atom is -0.339 e. The first kappa shape index (κ1) is 16.4. The summed E-state index contributed by atoms with van der Waals surface area (Å²) in [6, 6.07) is 10.5. The topological polar surface area (TPSA) is 81.6 Å². The Labute approximate surface area is 140 Å². The van der Waals surface area contributed by atoms with E-state index in [1.807, 2.05) is 6.07 Å². The quantitative estimate of drug-likeness (QED) is 0.651. The van der Waals surface area contributed by atoms with E-state index in [1.165, 1.54) is 18.0 Å². The highest BCUT2D eigenvalue weighted by atomic mass is 16.5. The minimum absolute atomic E-state index is 0.238. The van der Waals surface area contributed by atoms with Gasteiger partial charge in [0.25, 0.3) is 5.91 Å². The number of amides is 1. The molecule has 2 heterocycles. The predicted molar refractivity (Wildman–Crippen MR) is 89.8 cm³/mol. The zero-order chi connectivity index (χ0) is 16.8. The third-order valence-corrected chi connectivity index (χ3v) is 4.12. The SMILES string of the molecule is O=C(NO)c1cnc(N2CCCN(Cc3ccccc3)CC2)nc1. The van der Waals surface area contributed by atoms with Crippen LogP contribution >= 0.6 is 0 Å². The third-order valence-electron chi connectivity index (χ3n) is 4.12. The van der Waals surface area contributed by atoms with Crippen LogP contribution in [0.15, 0.2) is 42.7 Å². The van der Waals surface area contributed by atoms with Crippen LogP contribution < -0.4 is 10.4 Å². The first-order valence-electron chi connectivity index (χ1n) is 8.04. The molecular formula is C17H21N5O2. The summed E-state index contributed by atoms with van der Waals surface area (Å²) in [5.41, 5.74) is 3.14. The molecule has 1 aromatic carbocycles. The van der Waals surface area contributed by atoms with E-state index in [-0.39, 0.29) is 5.56 Å². The van der Waals surface area contributed by atoms with Crippen LogP contribution in [0.2, 0.25) is 0 Å². The molecule has 1 fully saturated rings. The molecule has 2 N–H and O–H groups in total. The van der Waals surface area contributed by atoms with Crippen LogP contribution in [0, 0.1) is 0 Å². The predicted octanol–water partition coefficient (Wildman–Crippen LogP) is 1.31. The molecule has 7 heteroatoms. The zero-order valence-corrected chi connectivity index (χ0v) is 13.4. The van der Waals surface area contributed by atoms with Gasteiger partial charge in [-0.25, -0.2) is 15.4 Å². The molecule has 1 aromatic heterocycles. The van der Waals surface area contributed by atoms with E-state index in [1.54, 1.807) is 5.48 Å². The number of aromatic nitrogens is 2. The van der Waals surface area contributed by atoms with E-state index < -0.39 is 5.91 Å². The van der Waals surface area contributed by atoms with Crippen molar-refractivity contribution >= 4 is 11.9 Å². The van der Waals surface area contributed by atoms with E-state index >= 15 is 0 Å². The number of anilines is 1. The maximum absolute atomic E-state index is 11.3. The van der Waals surface area contributed by atoms with Crippen LogP contribution in [0.5, 0.6) is 0 Å². The van der Waals surface area contributed by atoms with E-state index in [4.69, 9.17) is 5.21 Å². The molecule has 7 nitrogen and oxygen atoms in total. The van der Waals surface area contributed by atoms with E-state index in [0.29, 0.717) is 5.95 Å². The fourth-order valence-electron chi connectivity index (χ4n) is 2.84. The summed E-state index contributed by atoms with van der Waals surface area (Å²) in [6.07, 6.45) is 3.90. The van der Waals surface area contributed by atoms with Crippen molar-refractivity contribution < 1.29 is 10.0 Å². The van der Waals surface area contributed by atoms with Gasteiger partial charge >= 0.3 is 0 Å². The maximum atomic E-state index is 11.3. The van der Waals surface area contributed by atoms with Gasteiger partial charge in [0.15, 0.2) is 0 Å². The fraction of sp³-hybridized carbons (Fsp3) is 0.353. The van der Waals surface area contributed by atoms with Crippen molar-refractivity contribution in [3.8, 4) is 0 Å². The molecule has 24 heavy (non-hydrogen) atoms. The number of hydrogen-bond acceptors (Lipinski definition) is 6. The number of nitrogens with one attached hydrogen (secondary N) is 1. The highest BCUT2D eigenvalue weighted by Crippen LogP contribution is 2.13. The van der Waals surface area contributed by atoms with Gasteiger partial charge in [-0.15, -0.1) is 0 Å². The maximum Gasteiger partial charge on any atom is 0.277 e. The number of rotatable bonds is 4. The van der Waals surface area contributed by atoms with Crippen LogP contribution in [0.3, 0.4) is 0 Å². The normalized spacial score (nSPS) is 15.8. The molecule has 0 aliphatic carbocycles. The number of hydrogen-bond donors (Lipinski definition) is 2. The monoisotopic (exact) mass is 327 g/mol. The Balaban J connectivity index is 1.60. The zero-order valence-electron chi connectivity index (χ0n) is 13.4. The fourth-order valence-corrected chi connectivity index (χ4v) is 2.84. The van der Waals surface area contributed by atoms with Gasteiger partial charge in [-0.3, -0.25) is 14.9 Å². The molecule has 0 spiro atoms. The highest BCUT2D eigenvalue weighted by molar-refractivity contribution is 5.92. The summed E-state index contributed by atoms with van der Waals surface area (Å²) >= 11 is 0. The summed E-state index contributed by atoms with van der Waals surface area (Å²) in [5.74, 6) is 0.0116. The second kappa shape index (κ2) is 7.85. The lowest BCUT2D eigenvalue weighted by molar-refractivity contribution is 0.0705. The lowest BCUT2D eigenvalue weighted by Gasteiger charge is -2.22. The van der Waals surface area contributed by atoms with Crippen LogP contribution in [0.1, 0.15) is 22.3 Å². The van der Waals surface area contributed by atoms with Crippen molar-refractivity contribution in [2.24, 2.45) is 0 Å². The van der Waals surface area contributed by atoms with Crippen LogP contribution in [-0.4, -0.2) is 52.2 Å². The van der Waals surface area contributed by atoms with E-state index in [0.717, 1.165) is 39.1 Å². The molecule has 0 bridgehead atoms. The molecular weight excluding hydrogens is 306 g/mol. The molecule has 1 saturated heterocycles. The van der Waals surface area contributed by atoms with Gasteiger partial charge in [0.2, 0.25) is 5.95 Å². The summed E-state index contributed by atoms with van der Waals surface area (Å²) in [4.78, 5) is 24.4. The Kier molecular flexibility index (Phi) is 5.35. The number of carbonyl (C=O) groups excluding carboxylic acids is 1. The Morgan fingerprint density at radius 1 is 1.08 bits per heavy atom. The Morgan fingerprint density at radius 2 is 1.83 bits per heavy atom. The third kappa shape index (κ3) is 4.06. The lowest BCUT2D eigenvalue weighted by Crippen LogP contribution is -2.31. The van der Waals surface area contributed by atoms with Crippen molar-refractivity contribution in [3.05, 3.63) is 53.9 Å².